The summed E-state index contributed by atoms with van der Waals surface area (Å²) in [7, 11) is 1.64. The van der Waals surface area contributed by atoms with Crippen LogP contribution in [-0.4, -0.2) is 50.5 Å². The maximum absolute atomic E-state index is 13.0. The second kappa shape index (κ2) is 6.10. The van der Waals surface area contributed by atoms with E-state index in [1.54, 1.807) is 7.11 Å². The van der Waals surface area contributed by atoms with Gasteiger partial charge in [-0.3, -0.25) is 4.90 Å². The highest BCUT2D eigenvalue weighted by Crippen LogP contribution is 2.46. The summed E-state index contributed by atoms with van der Waals surface area (Å²) >= 11 is 0. The van der Waals surface area contributed by atoms with Crippen molar-refractivity contribution in [2.24, 2.45) is 17.1 Å². The zero-order valence-corrected chi connectivity index (χ0v) is 12.5. The zero-order valence-electron chi connectivity index (χ0n) is 12.5. The molecule has 0 amide bonds. The van der Waals surface area contributed by atoms with Gasteiger partial charge in [-0.1, -0.05) is 25.2 Å². The molecular formula is C15H23F3N2O. The number of methoxy groups -OCH3 is 1. The Balaban J connectivity index is 2.08. The van der Waals surface area contributed by atoms with Gasteiger partial charge in [0.15, 0.2) is 0 Å². The van der Waals surface area contributed by atoms with Gasteiger partial charge >= 0.3 is 6.18 Å². The highest BCUT2D eigenvalue weighted by molar-refractivity contribution is 5.28. The van der Waals surface area contributed by atoms with Crippen LogP contribution < -0.4 is 5.73 Å². The summed E-state index contributed by atoms with van der Waals surface area (Å²) in [6, 6.07) is -0.107. The minimum Gasteiger partial charge on any atom is -0.383 e. The Morgan fingerprint density at radius 3 is 2.76 bits per heavy atom. The van der Waals surface area contributed by atoms with E-state index in [-0.39, 0.29) is 18.4 Å². The lowest BCUT2D eigenvalue weighted by molar-refractivity contribution is -0.0976. The minimum atomic E-state index is -4.26. The van der Waals surface area contributed by atoms with Crippen LogP contribution in [0.3, 0.4) is 0 Å². The highest BCUT2D eigenvalue weighted by Gasteiger charge is 2.46. The van der Waals surface area contributed by atoms with Crippen LogP contribution in [0.2, 0.25) is 0 Å². The lowest BCUT2D eigenvalue weighted by Gasteiger charge is -2.38. The van der Waals surface area contributed by atoms with Gasteiger partial charge in [0.2, 0.25) is 0 Å². The molecule has 0 spiro atoms. The summed E-state index contributed by atoms with van der Waals surface area (Å²) in [5, 5.41) is 0. The molecule has 1 heterocycles. The van der Waals surface area contributed by atoms with E-state index in [2.05, 4.69) is 4.90 Å². The van der Waals surface area contributed by atoms with E-state index in [1.165, 1.54) is 12.2 Å². The fraction of sp³-hybridized carbons (Fsp3) is 0.733. The van der Waals surface area contributed by atoms with E-state index in [1.807, 2.05) is 13.0 Å². The zero-order chi connectivity index (χ0) is 15.7. The molecule has 0 aromatic heterocycles. The highest BCUT2D eigenvalue weighted by atomic mass is 19.4. The van der Waals surface area contributed by atoms with Crippen LogP contribution in [-0.2, 0) is 4.74 Å². The predicted octanol–water partition coefficient (Wildman–Crippen LogP) is 2.35. The molecule has 1 aliphatic heterocycles. The molecule has 0 saturated carbocycles. The Morgan fingerprint density at radius 1 is 1.43 bits per heavy atom. The van der Waals surface area contributed by atoms with E-state index in [4.69, 9.17) is 10.5 Å². The molecule has 2 rings (SSSR count). The molecule has 6 heteroatoms. The largest absolute Gasteiger partial charge is 0.412 e. The van der Waals surface area contributed by atoms with Crippen molar-refractivity contribution in [3.05, 3.63) is 23.8 Å². The molecule has 21 heavy (non-hydrogen) atoms. The molecule has 3 atom stereocenters. The van der Waals surface area contributed by atoms with E-state index in [0.717, 1.165) is 13.1 Å². The van der Waals surface area contributed by atoms with Crippen LogP contribution in [0.1, 0.15) is 13.3 Å². The molecule has 3 unspecified atom stereocenters. The smallest absolute Gasteiger partial charge is 0.383 e. The molecule has 2 N–H and O–H groups in total. The van der Waals surface area contributed by atoms with Crippen LogP contribution in [0.25, 0.3) is 0 Å². The van der Waals surface area contributed by atoms with Gasteiger partial charge in [-0.2, -0.15) is 13.2 Å². The minimum absolute atomic E-state index is 0.00346. The van der Waals surface area contributed by atoms with Crippen LogP contribution >= 0.6 is 0 Å². The Labute approximate surface area is 123 Å². The van der Waals surface area contributed by atoms with Crippen LogP contribution in [0, 0.1) is 11.3 Å². The number of hydrogen-bond donors (Lipinski definition) is 1. The van der Waals surface area contributed by atoms with Crippen molar-refractivity contribution in [2.45, 2.75) is 25.6 Å². The van der Waals surface area contributed by atoms with E-state index < -0.39 is 17.2 Å². The van der Waals surface area contributed by atoms with E-state index >= 15 is 0 Å². The van der Waals surface area contributed by atoms with Crippen molar-refractivity contribution in [2.75, 3.05) is 33.4 Å². The number of likely N-dealkylation sites (tertiary alicyclic amines) is 1. The monoisotopic (exact) mass is 304 g/mol. The topological polar surface area (TPSA) is 38.5 Å². The molecular weight excluding hydrogens is 281 g/mol. The first-order valence-electron chi connectivity index (χ1n) is 7.19. The molecule has 2 aliphatic rings. The fourth-order valence-corrected chi connectivity index (χ4v) is 3.38. The lowest BCUT2D eigenvalue weighted by Crippen LogP contribution is -2.41. The standard InChI is InChI=1S/C15H23F3N2O/c1-14(5-3-4-11(8-14)15(16,17)18)12-9-20(6-7-21-2)10-13(12)19/h3-5,12-13H,6-10,19H2,1-2H3. The molecule has 1 aliphatic carbocycles. The third kappa shape index (κ3) is 3.67. The van der Waals surface area contributed by atoms with Gasteiger partial charge in [-0.05, 0) is 17.8 Å². The molecule has 0 aromatic carbocycles. The quantitative estimate of drug-likeness (QED) is 0.866. The van der Waals surface area contributed by atoms with Crippen molar-refractivity contribution in [3.8, 4) is 0 Å². The summed E-state index contributed by atoms with van der Waals surface area (Å²) in [6.07, 6.45) is 0.322. The number of nitrogens with two attached hydrogens (primary N) is 1. The third-order valence-corrected chi connectivity index (χ3v) is 4.61. The number of ether oxygens (including phenoxy) is 1. The van der Waals surface area contributed by atoms with Crippen molar-refractivity contribution >= 4 is 0 Å². The fourth-order valence-electron chi connectivity index (χ4n) is 3.38. The molecule has 3 nitrogen and oxygen atoms in total. The van der Waals surface area contributed by atoms with Crippen LogP contribution in [0.5, 0.6) is 0 Å². The van der Waals surface area contributed by atoms with Crippen LogP contribution in [0.4, 0.5) is 13.2 Å². The second-order valence-corrected chi connectivity index (χ2v) is 6.25. The average Bonchev–Trinajstić information content (AvgIpc) is 2.77. The van der Waals surface area contributed by atoms with Gasteiger partial charge in [-0.25, -0.2) is 0 Å². The van der Waals surface area contributed by atoms with Gasteiger partial charge in [0.05, 0.1) is 6.61 Å². The second-order valence-electron chi connectivity index (χ2n) is 6.25. The molecule has 1 fully saturated rings. The molecule has 0 bridgehead atoms. The summed E-state index contributed by atoms with van der Waals surface area (Å²) in [5.41, 5.74) is 5.19. The van der Waals surface area contributed by atoms with E-state index in [9.17, 15) is 13.2 Å². The number of nitrogens with zero attached hydrogens (tertiary/aromatic N) is 1. The normalized spacial score (nSPS) is 34.3. The lowest BCUT2D eigenvalue weighted by atomic mass is 9.68. The molecule has 120 valence electrons. The SMILES string of the molecule is COCCN1CC(N)C(C2(C)C=CC=C(C(F)(F)F)C2)C1. The molecule has 0 radical (unpaired) electrons. The third-order valence-electron chi connectivity index (χ3n) is 4.61. The van der Waals surface area contributed by atoms with E-state index in [0.29, 0.717) is 13.2 Å². The predicted molar refractivity (Wildman–Crippen MR) is 75.8 cm³/mol. The summed E-state index contributed by atoms with van der Waals surface area (Å²) < 4.78 is 43.9. The van der Waals surface area contributed by atoms with Gasteiger partial charge in [0.1, 0.15) is 0 Å². The average molecular weight is 304 g/mol. The number of rotatable bonds is 4. The van der Waals surface area contributed by atoms with Crippen molar-refractivity contribution in [3.63, 3.8) is 0 Å². The Kier molecular flexibility index (Phi) is 4.80. The maximum atomic E-state index is 13.0. The summed E-state index contributed by atoms with van der Waals surface area (Å²) in [5.74, 6) is 0.0247. The van der Waals surface area contributed by atoms with Crippen molar-refractivity contribution in [1.29, 1.82) is 0 Å². The van der Waals surface area contributed by atoms with Crippen LogP contribution in [0.15, 0.2) is 23.8 Å². The Hall–Kier alpha value is -0.850. The van der Waals surface area contributed by atoms with Gasteiger partial charge in [0, 0.05) is 38.4 Å². The Bertz CT molecular complexity index is 433. The first-order valence-corrected chi connectivity index (χ1v) is 7.19. The maximum Gasteiger partial charge on any atom is 0.412 e. The number of halogens is 3. The molecule has 1 saturated heterocycles. The summed E-state index contributed by atoms with van der Waals surface area (Å²) in [6.45, 7) is 4.69. The van der Waals surface area contributed by atoms with Crippen molar-refractivity contribution < 1.29 is 17.9 Å². The number of allylic oxidation sites excluding steroid dienone is 4. The Morgan fingerprint density at radius 2 is 2.14 bits per heavy atom. The molecule has 0 aromatic rings. The van der Waals surface area contributed by atoms with Gasteiger partial charge in [0.25, 0.3) is 0 Å². The first-order chi connectivity index (χ1) is 9.76. The van der Waals surface area contributed by atoms with Gasteiger partial charge in [-0.15, -0.1) is 0 Å². The number of hydrogen-bond acceptors (Lipinski definition) is 3. The first kappa shape index (κ1) is 16.5. The summed E-state index contributed by atoms with van der Waals surface area (Å²) in [4.78, 5) is 2.17. The van der Waals surface area contributed by atoms with Gasteiger partial charge < -0.3 is 10.5 Å². The number of alkyl halides is 3. The van der Waals surface area contributed by atoms with Crippen molar-refractivity contribution in [1.82, 2.24) is 4.90 Å².